The second-order valence-electron chi connectivity index (χ2n) is 7.38. The van der Waals surface area contributed by atoms with Gasteiger partial charge in [0, 0.05) is 25.3 Å². The lowest BCUT2D eigenvalue weighted by Gasteiger charge is -2.34. The fraction of sp³-hybridized carbons (Fsp3) is 0.722. The molecule has 134 valence electrons. The van der Waals surface area contributed by atoms with Crippen molar-refractivity contribution in [3.8, 4) is 0 Å². The summed E-state index contributed by atoms with van der Waals surface area (Å²) in [5.41, 5.74) is -0.318. The largest absolute Gasteiger partial charge is 0.384 e. The topological polar surface area (TPSA) is 57.9 Å². The van der Waals surface area contributed by atoms with Gasteiger partial charge in [-0.2, -0.15) is 0 Å². The van der Waals surface area contributed by atoms with Crippen LogP contribution >= 0.6 is 0 Å². The van der Waals surface area contributed by atoms with Crippen LogP contribution in [0.15, 0.2) is 18.3 Å². The molecule has 0 radical (unpaired) electrons. The summed E-state index contributed by atoms with van der Waals surface area (Å²) in [4.78, 5) is 17.0. The normalized spacial score (nSPS) is 26.1. The number of ether oxygens (including phenoxy) is 1. The fourth-order valence-electron chi connectivity index (χ4n) is 3.73. The number of hydrogen-bond acceptors (Lipinski definition) is 4. The molecule has 0 saturated carbocycles. The second kappa shape index (κ2) is 7.25. The van der Waals surface area contributed by atoms with Gasteiger partial charge in [-0.15, -0.1) is 0 Å². The highest BCUT2D eigenvalue weighted by Crippen LogP contribution is 2.20. The summed E-state index contributed by atoms with van der Waals surface area (Å²) in [5, 5.41) is 11.0. The van der Waals surface area contributed by atoms with E-state index in [0.717, 1.165) is 13.1 Å². The van der Waals surface area contributed by atoms with Crippen LogP contribution in [0.2, 0.25) is 0 Å². The molecule has 2 aliphatic rings. The zero-order valence-electron chi connectivity index (χ0n) is 14.8. The van der Waals surface area contributed by atoms with Crippen molar-refractivity contribution in [2.24, 2.45) is 0 Å². The summed E-state index contributed by atoms with van der Waals surface area (Å²) in [5.74, 6) is -0.0287. The Morgan fingerprint density at radius 2 is 2.08 bits per heavy atom. The number of likely N-dealkylation sites (tertiary alicyclic amines) is 1. The first-order chi connectivity index (χ1) is 11.5. The van der Waals surface area contributed by atoms with Gasteiger partial charge < -0.3 is 24.2 Å². The molecular formula is C18H29N3O3. The van der Waals surface area contributed by atoms with Crippen LogP contribution in [-0.4, -0.2) is 76.9 Å². The van der Waals surface area contributed by atoms with Gasteiger partial charge >= 0.3 is 0 Å². The Hall–Kier alpha value is -1.37. The third-order valence-electron chi connectivity index (χ3n) is 4.92. The SMILES string of the molecule is CC(C)n1cccc1C(=O)N1CCOC[C@](O)(CN2CCCC2)C1. The van der Waals surface area contributed by atoms with Gasteiger partial charge in [0.1, 0.15) is 11.3 Å². The van der Waals surface area contributed by atoms with Crippen LogP contribution in [-0.2, 0) is 4.74 Å². The molecule has 0 unspecified atom stereocenters. The van der Waals surface area contributed by atoms with Crippen LogP contribution in [0.5, 0.6) is 0 Å². The Bertz CT molecular complexity index is 566. The van der Waals surface area contributed by atoms with Crippen molar-refractivity contribution in [2.75, 3.05) is 45.9 Å². The van der Waals surface area contributed by atoms with E-state index in [9.17, 15) is 9.90 Å². The van der Waals surface area contributed by atoms with Gasteiger partial charge in [0.05, 0.1) is 19.8 Å². The van der Waals surface area contributed by atoms with E-state index in [1.54, 1.807) is 4.90 Å². The van der Waals surface area contributed by atoms with Crippen molar-refractivity contribution in [1.82, 2.24) is 14.4 Å². The molecule has 6 nitrogen and oxygen atoms in total. The molecular weight excluding hydrogens is 306 g/mol. The summed E-state index contributed by atoms with van der Waals surface area (Å²) in [7, 11) is 0. The van der Waals surface area contributed by atoms with Crippen molar-refractivity contribution in [3.05, 3.63) is 24.0 Å². The summed E-state index contributed by atoms with van der Waals surface area (Å²) in [6.07, 6.45) is 4.30. The predicted molar refractivity (Wildman–Crippen MR) is 92.2 cm³/mol. The van der Waals surface area contributed by atoms with Crippen LogP contribution in [0.25, 0.3) is 0 Å². The smallest absolute Gasteiger partial charge is 0.270 e. The first-order valence-electron chi connectivity index (χ1n) is 8.97. The lowest BCUT2D eigenvalue weighted by Crippen LogP contribution is -2.53. The standard InChI is InChI=1S/C18H29N3O3/c1-15(2)21-9-5-6-16(21)17(22)20-10-11-24-14-18(23,13-20)12-19-7-3-4-8-19/h5-6,9,15,23H,3-4,7-8,10-14H2,1-2H3/t18-/m0/s1. The maximum Gasteiger partial charge on any atom is 0.270 e. The number of amides is 1. The molecule has 2 saturated heterocycles. The van der Waals surface area contributed by atoms with Gasteiger partial charge in [0.25, 0.3) is 5.91 Å². The highest BCUT2D eigenvalue weighted by Gasteiger charge is 2.37. The van der Waals surface area contributed by atoms with Gasteiger partial charge in [-0.25, -0.2) is 0 Å². The lowest BCUT2D eigenvalue weighted by atomic mass is 10.0. The molecule has 1 aromatic rings. The van der Waals surface area contributed by atoms with Gasteiger partial charge in [-0.1, -0.05) is 0 Å². The lowest BCUT2D eigenvalue weighted by molar-refractivity contribution is -0.0525. The Morgan fingerprint density at radius 1 is 1.33 bits per heavy atom. The quantitative estimate of drug-likeness (QED) is 0.903. The minimum atomic E-state index is -0.994. The van der Waals surface area contributed by atoms with Crippen LogP contribution in [0.4, 0.5) is 0 Å². The van der Waals surface area contributed by atoms with E-state index in [-0.39, 0.29) is 11.9 Å². The Morgan fingerprint density at radius 3 is 2.79 bits per heavy atom. The van der Waals surface area contributed by atoms with Crippen molar-refractivity contribution in [3.63, 3.8) is 0 Å². The molecule has 6 heteroatoms. The zero-order chi connectivity index (χ0) is 17.2. The third kappa shape index (κ3) is 3.82. The van der Waals surface area contributed by atoms with Crippen molar-refractivity contribution in [2.45, 2.75) is 38.3 Å². The summed E-state index contributed by atoms with van der Waals surface area (Å²) < 4.78 is 7.60. The molecule has 24 heavy (non-hydrogen) atoms. The van der Waals surface area contributed by atoms with Crippen LogP contribution in [0, 0.1) is 0 Å². The van der Waals surface area contributed by atoms with Crippen LogP contribution in [0.3, 0.4) is 0 Å². The summed E-state index contributed by atoms with van der Waals surface area (Å²) in [6.45, 7) is 8.34. The van der Waals surface area contributed by atoms with E-state index >= 15 is 0 Å². The van der Waals surface area contributed by atoms with Gasteiger partial charge in [0.2, 0.25) is 0 Å². The van der Waals surface area contributed by atoms with E-state index in [4.69, 9.17) is 4.74 Å². The molecule has 1 amide bonds. The molecule has 0 aromatic carbocycles. The molecule has 1 atom stereocenters. The highest BCUT2D eigenvalue weighted by atomic mass is 16.5. The van der Waals surface area contributed by atoms with E-state index < -0.39 is 5.60 Å². The maximum absolute atomic E-state index is 13.0. The molecule has 1 aromatic heterocycles. The maximum atomic E-state index is 13.0. The average Bonchev–Trinajstić information content (AvgIpc) is 3.17. The predicted octanol–water partition coefficient (Wildman–Crippen LogP) is 1.37. The monoisotopic (exact) mass is 335 g/mol. The number of carbonyl (C=O) groups is 1. The zero-order valence-corrected chi connectivity index (χ0v) is 14.8. The first kappa shape index (κ1) is 17.5. The van der Waals surface area contributed by atoms with Crippen molar-refractivity contribution in [1.29, 1.82) is 0 Å². The second-order valence-corrected chi connectivity index (χ2v) is 7.38. The third-order valence-corrected chi connectivity index (χ3v) is 4.92. The Labute approximate surface area is 144 Å². The minimum Gasteiger partial charge on any atom is -0.384 e. The van der Waals surface area contributed by atoms with E-state index in [1.807, 2.05) is 22.9 Å². The van der Waals surface area contributed by atoms with E-state index in [1.165, 1.54) is 12.8 Å². The van der Waals surface area contributed by atoms with Crippen molar-refractivity contribution >= 4 is 5.91 Å². The molecule has 0 bridgehead atoms. The average molecular weight is 335 g/mol. The van der Waals surface area contributed by atoms with Gasteiger partial charge in [-0.05, 0) is 51.9 Å². The number of nitrogens with zero attached hydrogens (tertiary/aromatic N) is 3. The van der Waals surface area contributed by atoms with Crippen LogP contribution < -0.4 is 0 Å². The molecule has 3 rings (SSSR count). The van der Waals surface area contributed by atoms with Gasteiger partial charge in [0.15, 0.2) is 0 Å². The number of aromatic nitrogens is 1. The van der Waals surface area contributed by atoms with Crippen LogP contribution in [0.1, 0.15) is 43.2 Å². The van der Waals surface area contributed by atoms with E-state index in [0.29, 0.717) is 38.5 Å². The molecule has 1 N–H and O–H groups in total. The number of carbonyl (C=O) groups excluding carboxylic acids is 1. The molecule has 2 aliphatic heterocycles. The van der Waals surface area contributed by atoms with Gasteiger partial charge in [-0.3, -0.25) is 4.79 Å². The number of aliphatic hydroxyl groups is 1. The highest BCUT2D eigenvalue weighted by molar-refractivity contribution is 5.93. The number of β-amino-alcohol motifs (C(OH)–C–C–N with tert-alkyl or cyclic N) is 1. The fourth-order valence-corrected chi connectivity index (χ4v) is 3.73. The Balaban J connectivity index is 1.74. The Kier molecular flexibility index (Phi) is 5.27. The molecule has 0 spiro atoms. The summed E-state index contributed by atoms with van der Waals surface area (Å²) in [6, 6.07) is 3.98. The summed E-state index contributed by atoms with van der Waals surface area (Å²) >= 11 is 0. The minimum absolute atomic E-state index is 0.0287. The first-order valence-corrected chi connectivity index (χ1v) is 8.97. The number of rotatable bonds is 4. The number of hydrogen-bond donors (Lipinski definition) is 1. The molecule has 2 fully saturated rings. The van der Waals surface area contributed by atoms with Crippen molar-refractivity contribution < 1.29 is 14.6 Å². The molecule has 3 heterocycles. The van der Waals surface area contributed by atoms with E-state index in [2.05, 4.69) is 18.7 Å². The molecule has 0 aliphatic carbocycles.